The Bertz CT molecular complexity index is 1340. The van der Waals surface area contributed by atoms with Crippen molar-refractivity contribution in [2.75, 3.05) is 6.54 Å². The lowest BCUT2D eigenvalue weighted by atomic mass is 10.1. The Morgan fingerprint density at radius 1 is 1.26 bits per heavy atom. The molecule has 0 saturated carbocycles. The maximum atomic E-state index is 14.7. The second-order valence-corrected chi connectivity index (χ2v) is 9.68. The third kappa shape index (κ3) is 5.13. The average Bonchev–Trinajstić information content (AvgIpc) is 3.60. The van der Waals surface area contributed by atoms with E-state index in [0.29, 0.717) is 46.2 Å². The summed E-state index contributed by atoms with van der Waals surface area (Å²) >= 11 is 2.65. The van der Waals surface area contributed by atoms with Crippen molar-refractivity contribution in [1.29, 1.82) is 0 Å². The summed E-state index contributed by atoms with van der Waals surface area (Å²) in [6, 6.07) is 9.27. The molecule has 1 saturated heterocycles. The molecule has 1 aromatic carbocycles. The molecule has 5 rings (SSSR count). The molecule has 2 amide bonds. The third-order valence-electron chi connectivity index (χ3n) is 5.42. The largest absolute Gasteiger partial charge is 0.461 e. The highest BCUT2D eigenvalue weighted by molar-refractivity contribution is 7.98. The summed E-state index contributed by atoms with van der Waals surface area (Å²) < 4.78 is 21.7. The van der Waals surface area contributed by atoms with Gasteiger partial charge in [-0.1, -0.05) is 23.9 Å². The summed E-state index contributed by atoms with van der Waals surface area (Å²) in [5.41, 5.74) is 0.557. The number of hydrogen-bond acceptors (Lipinski definition) is 8. The second-order valence-electron chi connectivity index (χ2n) is 7.80. The molecule has 0 bridgehead atoms. The molecule has 2 N–H and O–H groups in total. The summed E-state index contributed by atoms with van der Waals surface area (Å²) in [6.07, 6.45) is 3.89. The standard InChI is InChI=1S/C23H21FN6O3S2/c24-14-6-1-2-8-17(14)30-20(18-9-5-11-33-18)28-29-23(30)35-13-19-26-16(12-34-19)22(32)27-15-7-3-4-10-25-21(15)31/h1-2,5-6,8-9,11-12,15H,3-4,7,10,13H2,(H,25,31)(H,27,32)/t15-/m0/s1. The minimum Gasteiger partial charge on any atom is -0.461 e. The van der Waals surface area contributed by atoms with E-state index in [2.05, 4.69) is 25.8 Å². The minimum atomic E-state index is -0.552. The van der Waals surface area contributed by atoms with Crippen molar-refractivity contribution in [1.82, 2.24) is 30.4 Å². The molecule has 12 heteroatoms. The first-order valence-corrected chi connectivity index (χ1v) is 12.9. The van der Waals surface area contributed by atoms with Crippen molar-refractivity contribution in [2.24, 2.45) is 0 Å². The summed E-state index contributed by atoms with van der Waals surface area (Å²) in [6.45, 7) is 0.627. The molecule has 1 fully saturated rings. The number of nitrogens with one attached hydrogen (secondary N) is 2. The van der Waals surface area contributed by atoms with Crippen molar-refractivity contribution in [3.05, 3.63) is 64.6 Å². The molecule has 1 aliphatic heterocycles. The van der Waals surface area contributed by atoms with Gasteiger partial charge >= 0.3 is 0 Å². The maximum Gasteiger partial charge on any atom is 0.271 e. The van der Waals surface area contributed by atoms with Gasteiger partial charge in [-0.3, -0.25) is 14.2 Å². The smallest absolute Gasteiger partial charge is 0.271 e. The summed E-state index contributed by atoms with van der Waals surface area (Å²) in [4.78, 5) is 29.2. The number of halogens is 1. The molecule has 0 unspecified atom stereocenters. The lowest BCUT2D eigenvalue weighted by Crippen LogP contribution is -2.45. The number of hydrogen-bond donors (Lipinski definition) is 2. The van der Waals surface area contributed by atoms with Crippen molar-refractivity contribution in [2.45, 2.75) is 36.2 Å². The molecule has 4 heterocycles. The number of amides is 2. The number of aromatic nitrogens is 4. The highest BCUT2D eigenvalue weighted by atomic mass is 32.2. The van der Waals surface area contributed by atoms with Crippen LogP contribution in [0.2, 0.25) is 0 Å². The first-order valence-electron chi connectivity index (χ1n) is 11.0. The Balaban J connectivity index is 1.32. The van der Waals surface area contributed by atoms with E-state index in [9.17, 15) is 14.0 Å². The molecule has 180 valence electrons. The molecule has 1 aliphatic rings. The zero-order chi connectivity index (χ0) is 24.2. The number of rotatable bonds is 7. The van der Waals surface area contributed by atoms with Crippen LogP contribution in [0.1, 0.15) is 34.8 Å². The fourth-order valence-electron chi connectivity index (χ4n) is 3.70. The van der Waals surface area contributed by atoms with Crippen molar-refractivity contribution in [3.63, 3.8) is 0 Å². The Hall–Kier alpha value is -3.51. The first kappa shape index (κ1) is 23.2. The molecule has 4 aromatic rings. The second kappa shape index (κ2) is 10.4. The number of benzene rings is 1. The average molecular weight is 513 g/mol. The van der Waals surface area contributed by atoms with Crippen LogP contribution in [0, 0.1) is 5.82 Å². The first-order chi connectivity index (χ1) is 17.1. The summed E-state index contributed by atoms with van der Waals surface area (Å²) in [5, 5.41) is 16.8. The highest BCUT2D eigenvalue weighted by Gasteiger charge is 2.24. The Labute approximate surface area is 208 Å². The van der Waals surface area contributed by atoms with Crippen LogP contribution in [0.25, 0.3) is 17.3 Å². The number of furan rings is 1. The van der Waals surface area contributed by atoms with Crippen molar-refractivity contribution >= 4 is 34.9 Å². The summed E-state index contributed by atoms with van der Waals surface area (Å²) in [5.74, 6) is 0.271. The van der Waals surface area contributed by atoms with Gasteiger partial charge in [0.15, 0.2) is 10.9 Å². The van der Waals surface area contributed by atoms with Gasteiger partial charge in [-0.15, -0.1) is 21.5 Å². The van der Waals surface area contributed by atoms with Crippen LogP contribution in [-0.2, 0) is 10.5 Å². The third-order valence-corrected chi connectivity index (χ3v) is 7.39. The number of carbonyl (C=O) groups is 2. The topological polar surface area (TPSA) is 115 Å². The zero-order valence-corrected chi connectivity index (χ0v) is 20.1. The monoisotopic (exact) mass is 512 g/mol. The minimum absolute atomic E-state index is 0.165. The van der Waals surface area contributed by atoms with Gasteiger partial charge in [-0.25, -0.2) is 9.37 Å². The zero-order valence-electron chi connectivity index (χ0n) is 18.4. The van der Waals surface area contributed by atoms with E-state index in [0.717, 1.165) is 12.8 Å². The molecule has 0 spiro atoms. The molecular weight excluding hydrogens is 491 g/mol. The normalized spacial score (nSPS) is 16.0. The van der Waals surface area contributed by atoms with Crippen LogP contribution >= 0.6 is 23.1 Å². The van der Waals surface area contributed by atoms with E-state index in [4.69, 9.17) is 4.42 Å². The lowest BCUT2D eigenvalue weighted by molar-refractivity contribution is -0.122. The quantitative estimate of drug-likeness (QED) is 0.362. The molecule has 3 aromatic heterocycles. The van der Waals surface area contributed by atoms with Gasteiger partial charge in [-0.05, 0) is 43.5 Å². The number of thioether (sulfide) groups is 1. The van der Waals surface area contributed by atoms with Crippen LogP contribution in [-0.4, -0.2) is 44.1 Å². The molecule has 0 radical (unpaired) electrons. The predicted molar refractivity (Wildman–Crippen MR) is 129 cm³/mol. The van der Waals surface area contributed by atoms with Gasteiger partial charge in [0, 0.05) is 11.9 Å². The lowest BCUT2D eigenvalue weighted by Gasteiger charge is -2.14. The van der Waals surface area contributed by atoms with Gasteiger partial charge in [0.05, 0.1) is 17.7 Å². The highest BCUT2D eigenvalue weighted by Crippen LogP contribution is 2.31. The van der Waals surface area contributed by atoms with Gasteiger partial charge in [0.2, 0.25) is 11.7 Å². The fourth-order valence-corrected chi connectivity index (χ4v) is 5.43. The summed E-state index contributed by atoms with van der Waals surface area (Å²) in [7, 11) is 0. The van der Waals surface area contributed by atoms with Crippen molar-refractivity contribution in [3.8, 4) is 17.3 Å². The number of nitrogens with zero attached hydrogens (tertiary/aromatic N) is 4. The van der Waals surface area contributed by atoms with E-state index in [1.165, 1.54) is 35.4 Å². The number of thiazole rings is 1. The number of carbonyl (C=O) groups excluding carboxylic acids is 2. The fraction of sp³-hybridized carbons (Fsp3) is 0.261. The Morgan fingerprint density at radius 3 is 2.97 bits per heavy atom. The van der Waals surface area contributed by atoms with E-state index >= 15 is 0 Å². The molecule has 0 aliphatic carbocycles. The Kier molecular flexibility index (Phi) is 6.91. The molecule has 35 heavy (non-hydrogen) atoms. The van der Waals surface area contributed by atoms with E-state index in [-0.39, 0.29) is 17.5 Å². The number of para-hydroxylation sites is 1. The SMILES string of the molecule is O=C(N[C@H]1CCCCNC1=O)c1csc(CSc2nnc(-c3ccco3)n2-c2ccccc2F)n1. The van der Waals surface area contributed by atoms with Gasteiger partial charge in [-0.2, -0.15) is 0 Å². The Morgan fingerprint density at radius 2 is 2.14 bits per heavy atom. The van der Waals surface area contributed by atoms with Crippen LogP contribution in [0.4, 0.5) is 4.39 Å². The van der Waals surface area contributed by atoms with E-state index in [1.807, 2.05) is 0 Å². The van der Waals surface area contributed by atoms with Crippen LogP contribution in [0.5, 0.6) is 0 Å². The van der Waals surface area contributed by atoms with Gasteiger partial charge in [0.25, 0.3) is 5.91 Å². The van der Waals surface area contributed by atoms with E-state index in [1.54, 1.807) is 40.3 Å². The molecule has 1 atom stereocenters. The van der Waals surface area contributed by atoms with Gasteiger partial charge < -0.3 is 15.1 Å². The molecule has 9 nitrogen and oxygen atoms in total. The maximum absolute atomic E-state index is 14.7. The van der Waals surface area contributed by atoms with Gasteiger partial charge in [0.1, 0.15) is 22.6 Å². The van der Waals surface area contributed by atoms with Crippen LogP contribution in [0.3, 0.4) is 0 Å². The van der Waals surface area contributed by atoms with E-state index < -0.39 is 11.9 Å². The molecular formula is C23H21FN6O3S2. The van der Waals surface area contributed by atoms with Crippen molar-refractivity contribution < 1.29 is 18.4 Å². The van der Waals surface area contributed by atoms with Crippen LogP contribution in [0.15, 0.2) is 57.6 Å². The van der Waals surface area contributed by atoms with Crippen LogP contribution < -0.4 is 10.6 Å². The predicted octanol–water partition coefficient (Wildman–Crippen LogP) is 3.81.